The number of nitro groups is 1. The second kappa shape index (κ2) is 8.13. The summed E-state index contributed by atoms with van der Waals surface area (Å²) in [5.74, 6) is -0.863. The molecular weight excluding hydrogens is 340 g/mol. The van der Waals surface area contributed by atoms with Crippen LogP contribution in [0.1, 0.15) is 30.9 Å². The monoisotopic (exact) mass is 364 g/mol. The van der Waals surface area contributed by atoms with Crippen molar-refractivity contribution in [3.63, 3.8) is 0 Å². The van der Waals surface area contributed by atoms with Crippen molar-refractivity contribution in [1.29, 1.82) is 0 Å². The molecule has 0 aromatic heterocycles. The minimum atomic E-state index is -0.863. The molecule has 0 atom stereocenters. The Morgan fingerprint density at radius 2 is 2.00 bits per heavy atom. The number of benzene rings is 1. The van der Waals surface area contributed by atoms with Crippen molar-refractivity contribution in [1.82, 2.24) is 10.2 Å². The molecule has 0 radical (unpaired) electrons. The minimum Gasteiger partial charge on any atom is -0.480 e. The SMILES string of the molecule is CCN(CC(=O)O)C1CC(NC(=O)Nc2c(C)ccc([N+](=O)[O-])c2C)C1. The number of aliphatic carboxylic acids is 1. The maximum absolute atomic E-state index is 12.2. The number of carbonyl (C=O) groups is 2. The van der Waals surface area contributed by atoms with Crippen LogP contribution < -0.4 is 10.6 Å². The Balaban J connectivity index is 1.92. The van der Waals surface area contributed by atoms with E-state index in [0.29, 0.717) is 30.6 Å². The topological polar surface area (TPSA) is 125 Å². The van der Waals surface area contributed by atoms with Crippen molar-refractivity contribution in [2.45, 2.75) is 45.7 Å². The molecule has 1 aromatic carbocycles. The molecule has 1 aliphatic carbocycles. The van der Waals surface area contributed by atoms with Gasteiger partial charge in [0.1, 0.15) is 0 Å². The molecule has 0 aliphatic heterocycles. The van der Waals surface area contributed by atoms with Crippen LogP contribution in [0.4, 0.5) is 16.2 Å². The lowest BCUT2D eigenvalue weighted by Gasteiger charge is -2.42. The van der Waals surface area contributed by atoms with E-state index >= 15 is 0 Å². The first-order valence-electron chi connectivity index (χ1n) is 8.50. The molecule has 2 rings (SSSR count). The van der Waals surface area contributed by atoms with Crippen LogP contribution in [0.2, 0.25) is 0 Å². The number of carboxylic acids is 1. The Kier molecular flexibility index (Phi) is 6.14. The molecule has 0 heterocycles. The maximum Gasteiger partial charge on any atom is 0.319 e. The standard InChI is InChI=1S/C17H24N4O5/c1-4-20(9-15(22)23)13-7-12(8-13)18-17(24)19-16-10(2)5-6-14(11(16)3)21(25)26/h5-6,12-13H,4,7-9H2,1-3H3,(H,22,23)(H2,18,19,24). The average molecular weight is 364 g/mol. The lowest BCUT2D eigenvalue weighted by molar-refractivity contribution is -0.385. The van der Waals surface area contributed by atoms with E-state index in [1.807, 2.05) is 11.8 Å². The number of urea groups is 1. The molecule has 2 amide bonds. The van der Waals surface area contributed by atoms with Crippen LogP contribution in [0.5, 0.6) is 0 Å². The molecule has 0 bridgehead atoms. The van der Waals surface area contributed by atoms with E-state index in [-0.39, 0.29) is 24.3 Å². The first-order chi connectivity index (χ1) is 12.2. The zero-order valence-corrected chi connectivity index (χ0v) is 15.1. The Morgan fingerprint density at radius 1 is 1.35 bits per heavy atom. The third kappa shape index (κ3) is 4.48. The Labute approximate surface area is 151 Å². The van der Waals surface area contributed by atoms with Gasteiger partial charge in [-0.2, -0.15) is 0 Å². The fourth-order valence-corrected chi connectivity index (χ4v) is 3.24. The van der Waals surface area contributed by atoms with Crippen molar-refractivity contribution in [2.75, 3.05) is 18.4 Å². The highest BCUT2D eigenvalue weighted by Gasteiger charge is 2.34. The molecule has 1 saturated carbocycles. The molecule has 3 N–H and O–H groups in total. The Bertz CT molecular complexity index is 715. The van der Waals surface area contributed by atoms with Crippen molar-refractivity contribution < 1.29 is 19.6 Å². The van der Waals surface area contributed by atoms with Crippen molar-refractivity contribution in [2.24, 2.45) is 0 Å². The van der Waals surface area contributed by atoms with Gasteiger partial charge < -0.3 is 15.7 Å². The maximum atomic E-state index is 12.2. The molecule has 1 fully saturated rings. The third-order valence-corrected chi connectivity index (χ3v) is 4.79. The summed E-state index contributed by atoms with van der Waals surface area (Å²) in [5, 5.41) is 25.5. The number of hydrogen-bond acceptors (Lipinski definition) is 5. The summed E-state index contributed by atoms with van der Waals surface area (Å²) < 4.78 is 0. The highest BCUT2D eigenvalue weighted by Crippen LogP contribution is 2.29. The first kappa shape index (κ1) is 19.6. The predicted octanol–water partition coefficient (Wildman–Crippen LogP) is 2.27. The fourth-order valence-electron chi connectivity index (χ4n) is 3.24. The Morgan fingerprint density at radius 3 is 2.54 bits per heavy atom. The normalized spacial score (nSPS) is 18.9. The number of nitrogens with zero attached hydrogens (tertiary/aromatic N) is 2. The van der Waals surface area contributed by atoms with Crippen LogP contribution >= 0.6 is 0 Å². The molecule has 1 aliphatic rings. The lowest BCUT2D eigenvalue weighted by atomic mass is 9.85. The van der Waals surface area contributed by atoms with E-state index < -0.39 is 16.9 Å². The molecule has 0 saturated heterocycles. The number of likely N-dealkylation sites (N-methyl/N-ethyl adjacent to an activating group) is 1. The summed E-state index contributed by atoms with van der Waals surface area (Å²) in [6.45, 7) is 5.92. The van der Waals surface area contributed by atoms with Crippen LogP contribution in [-0.2, 0) is 4.79 Å². The highest BCUT2D eigenvalue weighted by atomic mass is 16.6. The van der Waals surface area contributed by atoms with Gasteiger partial charge in [0.25, 0.3) is 5.69 Å². The van der Waals surface area contributed by atoms with E-state index in [1.54, 1.807) is 19.9 Å². The van der Waals surface area contributed by atoms with Gasteiger partial charge in [-0.1, -0.05) is 13.0 Å². The van der Waals surface area contributed by atoms with Gasteiger partial charge in [0.2, 0.25) is 0 Å². The van der Waals surface area contributed by atoms with Crippen molar-refractivity contribution >= 4 is 23.4 Å². The smallest absolute Gasteiger partial charge is 0.319 e. The van der Waals surface area contributed by atoms with Crippen LogP contribution in [-0.4, -0.2) is 52.1 Å². The van der Waals surface area contributed by atoms with E-state index in [9.17, 15) is 19.7 Å². The summed E-state index contributed by atoms with van der Waals surface area (Å²) in [4.78, 5) is 35.5. The van der Waals surface area contributed by atoms with Gasteiger partial charge in [0.05, 0.1) is 22.7 Å². The summed E-state index contributed by atoms with van der Waals surface area (Å²) in [6, 6.07) is 2.71. The van der Waals surface area contributed by atoms with E-state index in [1.165, 1.54) is 6.07 Å². The van der Waals surface area contributed by atoms with Crippen LogP contribution in [0.3, 0.4) is 0 Å². The van der Waals surface area contributed by atoms with E-state index in [2.05, 4.69) is 10.6 Å². The lowest BCUT2D eigenvalue weighted by Crippen LogP contribution is -2.55. The fraction of sp³-hybridized carbons (Fsp3) is 0.529. The van der Waals surface area contributed by atoms with Gasteiger partial charge in [0, 0.05) is 18.2 Å². The van der Waals surface area contributed by atoms with Crippen molar-refractivity contribution in [3.8, 4) is 0 Å². The summed E-state index contributed by atoms with van der Waals surface area (Å²) >= 11 is 0. The number of carbonyl (C=O) groups excluding carboxylic acids is 1. The average Bonchev–Trinajstić information content (AvgIpc) is 2.52. The van der Waals surface area contributed by atoms with E-state index in [0.717, 1.165) is 5.56 Å². The molecule has 26 heavy (non-hydrogen) atoms. The van der Waals surface area contributed by atoms with Gasteiger partial charge >= 0.3 is 12.0 Å². The molecule has 142 valence electrons. The highest BCUT2D eigenvalue weighted by molar-refractivity contribution is 5.92. The molecule has 1 aromatic rings. The summed E-state index contributed by atoms with van der Waals surface area (Å²) in [5.41, 5.74) is 1.55. The molecular formula is C17H24N4O5. The second-order valence-electron chi connectivity index (χ2n) is 6.54. The summed E-state index contributed by atoms with van der Waals surface area (Å²) in [7, 11) is 0. The van der Waals surface area contributed by atoms with Crippen LogP contribution in [0.15, 0.2) is 12.1 Å². The second-order valence-corrected chi connectivity index (χ2v) is 6.54. The number of carboxylic acid groups (broad SMARTS) is 1. The first-order valence-corrected chi connectivity index (χ1v) is 8.50. The zero-order valence-electron chi connectivity index (χ0n) is 15.1. The number of nitro benzene ring substituents is 1. The largest absolute Gasteiger partial charge is 0.480 e. The quantitative estimate of drug-likeness (QED) is 0.503. The number of anilines is 1. The van der Waals surface area contributed by atoms with E-state index in [4.69, 9.17) is 5.11 Å². The van der Waals surface area contributed by atoms with Crippen molar-refractivity contribution in [3.05, 3.63) is 33.4 Å². The van der Waals surface area contributed by atoms with Gasteiger partial charge in [0.15, 0.2) is 0 Å². The Hall–Kier alpha value is -2.68. The van der Waals surface area contributed by atoms with Gasteiger partial charge in [-0.3, -0.25) is 19.8 Å². The van der Waals surface area contributed by atoms with Crippen LogP contribution in [0, 0.1) is 24.0 Å². The summed E-state index contributed by atoms with van der Waals surface area (Å²) in [6.07, 6.45) is 1.36. The number of rotatable bonds is 7. The molecule has 9 heteroatoms. The number of amides is 2. The van der Waals surface area contributed by atoms with Gasteiger partial charge in [-0.15, -0.1) is 0 Å². The minimum absolute atomic E-state index is 0.00778. The third-order valence-electron chi connectivity index (χ3n) is 4.79. The molecule has 9 nitrogen and oxygen atoms in total. The number of hydrogen-bond donors (Lipinski definition) is 3. The zero-order chi connectivity index (χ0) is 19.4. The van der Waals surface area contributed by atoms with Gasteiger partial charge in [-0.25, -0.2) is 4.79 Å². The molecule has 0 spiro atoms. The molecule has 0 unspecified atom stereocenters. The predicted molar refractivity (Wildman–Crippen MR) is 96.4 cm³/mol. The van der Waals surface area contributed by atoms with Gasteiger partial charge in [-0.05, 0) is 38.8 Å². The number of nitrogens with one attached hydrogen (secondary N) is 2. The number of aryl methyl sites for hydroxylation is 1. The van der Waals surface area contributed by atoms with Crippen LogP contribution in [0.25, 0.3) is 0 Å².